The fraction of sp³-hybridized carbons (Fsp3) is 0.429. The SMILES string of the molecule is C[C@H]1COCCN1c1cc(C(C)(C)S(C)(=O)=O)nc(-c2ccc3cc[nH]c3c2)n1. The van der Waals surface area contributed by atoms with E-state index in [-0.39, 0.29) is 6.04 Å². The first-order chi connectivity index (χ1) is 13.7. The number of morpholine rings is 1. The lowest BCUT2D eigenvalue weighted by Gasteiger charge is -2.35. The Labute approximate surface area is 171 Å². The summed E-state index contributed by atoms with van der Waals surface area (Å²) in [7, 11) is -3.38. The predicted molar refractivity (Wildman–Crippen MR) is 115 cm³/mol. The second-order valence-corrected chi connectivity index (χ2v) is 10.7. The van der Waals surface area contributed by atoms with Crippen molar-refractivity contribution in [2.24, 2.45) is 0 Å². The summed E-state index contributed by atoms with van der Waals surface area (Å²) in [6.07, 6.45) is 3.14. The molecule has 8 heteroatoms. The minimum Gasteiger partial charge on any atom is -0.377 e. The molecule has 1 saturated heterocycles. The average molecular weight is 415 g/mol. The van der Waals surface area contributed by atoms with Gasteiger partial charge in [-0.25, -0.2) is 18.4 Å². The molecule has 0 spiro atoms. The van der Waals surface area contributed by atoms with Crippen molar-refractivity contribution in [1.82, 2.24) is 15.0 Å². The Bertz CT molecular complexity index is 1150. The third-order valence-corrected chi connectivity index (χ3v) is 7.79. The molecule has 0 aliphatic carbocycles. The summed E-state index contributed by atoms with van der Waals surface area (Å²) in [4.78, 5) is 14.9. The first kappa shape index (κ1) is 19.8. The number of aromatic nitrogens is 3. The van der Waals surface area contributed by atoms with E-state index >= 15 is 0 Å². The van der Waals surface area contributed by atoms with Gasteiger partial charge in [-0.3, -0.25) is 0 Å². The summed E-state index contributed by atoms with van der Waals surface area (Å²) >= 11 is 0. The van der Waals surface area contributed by atoms with Crippen LogP contribution in [0.1, 0.15) is 26.5 Å². The van der Waals surface area contributed by atoms with Crippen LogP contribution in [-0.4, -0.2) is 55.4 Å². The first-order valence-electron chi connectivity index (χ1n) is 9.68. The molecule has 0 saturated carbocycles. The van der Waals surface area contributed by atoms with Crippen LogP contribution >= 0.6 is 0 Å². The Morgan fingerprint density at radius 2 is 2.00 bits per heavy atom. The van der Waals surface area contributed by atoms with Crippen molar-refractivity contribution in [3.8, 4) is 11.4 Å². The predicted octanol–water partition coefficient (Wildman–Crippen LogP) is 3.13. The molecule has 29 heavy (non-hydrogen) atoms. The summed E-state index contributed by atoms with van der Waals surface area (Å²) in [5.74, 6) is 1.24. The standard InChI is InChI=1S/C21H26N4O3S/c1-14-13-28-10-9-25(14)19-12-18(21(2,3)29(4,26)27)23-20(24-19)16-6-5-15-7-8-22-17(15)11-16/h5-8,11-12,14,22H,9-10,13H2,1-4H3/t14-/m0/s1. The molecule has 0 amide bonds. The van der Waals surface area contributed by atoms with Gasteiger partial charge in [-0.05, 0) is 38.3 Å². The van der Waals surface area contributed by atoms with Gasteiger partial charge >= 0.3 is 0 Å². The maximum Gasteiger partial charge on any atom is 0.161 e. The van der Waals surface area contributed by atoms with Crippen LogP contribution in [0.3, 0.4) is 0 Å². The zero-order chi connectivity index (χ0) is 20.8. The molecule has 0 radical (unpaired) electrons. The second-order valence-electron chi connectivity index (χ2n) is 8.11. The molecular formula is C21H26N4O3S. The number of aromatic amines is 1. The molecule has 1 fully saturated rings. The molecule has 1 N–H and O–H groups in total. The minimum absolute atomic E-state index is 0.145. The van der Waals surface area contributed by atoms with Gasteiger partial charge in [-0.1, -0.05) is 12.1 Å². The minimum atomic E-state index is -3.38. The summed E-state index contributed by atoms with van der Waals surface area (Å²) in [5.41, 5.74) is 2.32. The van der Waals surface area contributed by atoms with E-state index in [1.807, 2.05) is 30.5 Å². The Hall–Kier alpha value is -2.45. The number of H-pyrrole nitrogens is 1. The Balaban J connectivity index is 1.90. The van der Waals surface area contributed by atoms with Gasteiger partial charge in [0.05, 0.1) is 24.9 Å². The summed E-state index contributed by atoms with van der Waals surface area (Å²) in [5, 5.41) is 1.10. The van der Waals surface area contributed by atoms with Crippen LogP contribution in [0.4, 0.5) is 5.82 Å². The first-order valence-corrected chi connectivity index (χ1v) is 11.6. The van der Waals surface area contributed by atoms with Crippen molar-refractivity contribution in [3.63, 3.8) is 0 Å². The highest BCUT2D eigenvalue weighted by Gasteiger charge is 2.35. The Morgan fingerprint density at radius 3 is 2.72 bits per heavy atom. The van der Waals surface area contributed by atoms with Crippen molar-refractivity contribution < 1.29 is 13.2 Å². The number of sulfone groups is 1. The van der Waals surface area contributed by atoms with Crippen LogP contribution in [0.2, 0.25) is 0 Å². The fourth-order valence-electron chi connectivity index (χ4n) is 3.46. The number of ether oxygens (including phenoxy) is 1. The van der Waals surface area contributed by atoms with Crippen molar-refractivity contribution in [2.75, 3.05) is 30.9 Å². The van der Waals surface area contributed by atoms with Gasteiger partial charge in [0.1, 0.15) is 10.6 Å². The third kappa shape index (κ3) is 3.62. The smallest absolute Gasteiger partial charge is 0.161 e. The topological polar surface area (TPSA) is 88.2 Å². The number of nitrogens with one attached hydrogen (secondary N) is 1. The highest BCUT2D eigenvalue weighted by Crippen LogP contribution is 2.33. The second kappa shape index (κ2) is 7.11. The zero-order valence-corrected chi connectivity index (χ0v) is 18.0. The summed E-state index contributed by atoms with van der Waals surface area (Å²) in [6, 6.07) is 9.93. The number of hydrogen-bond acceptors (Lipinski definition) is 6. The van der Waals surface area contributed by atoms with E-state index in [1.165, 1.54) is 6.26 Å². The maximum absolute atomic E-state index is 12.5. The lowest BCUT2D eigenvalue weighted by Crippen LogP contribution is -2.44. The van der Waals surface area contributed by atoms with Gasteiger partial charge in [-0.15, -0.1) is 0 Å². The van der Waals surface area contributed by atoms with Crippen LogP contribution < -0.4 is 4.90 Å². The van der Waals surface area contributed by atoms with Gasteiger partial charge in [0.25, 0.3) is 0 Å². The molecule has 1 aromatic carbocycles. The van der Waals surface area contributed by atoms with Gasteiger partial charge in [0.2, 0.25) is 0 Å². The Morgan fingerprint density at radius 1 is 1.21 bits per heavy atom. The van der Waals surface area contributed by atoms with Crippen molar-refractivity contribution in [2.45, 2.75) is 31.6 Å². The highest BCUT2D eigenvalue weighted by molar-refractivity contribution is 7.91. The van der Waals surface area contributed by atoms with Gasteiger partial charge in [-0.2, -0.15) is 0 Å². The summed E-state index contributed by atoms with van der Waals surface area (Å²) < 4.78 is 29.4. The highest BCUT2D eigenvalue weighted by atomic mass is 32.2. The van der Waals surface area contributed by atoms with Crippen LogP contribution in [-0.2, 0) is 19.3 Å². The zero-order valence-electron chi connectivity index (χ0n) is 17.1. The largest absolute Gasteiger partial charge is 0.377 e. The quantitative estimate of drug-likeness (QED) is 0.706. The maximum atomic E-state index is 12.5. The van der Waals surface area contributed by atoms with E-state index in [0.717, 1.165) is 22.3 Å². The number of nitrogens with zero attached hydrogens (tertiary/aromatic N) is 3. The normalized spacial score (nSPS) is 18.3. The Kier molecular flexibility index (Phi) is 4.86. The fourth-order valence-corrected chi connectivity index (χ4v) is 3.95. The lowest BCUT2D eigenvalue weighted by molar-refractivity contribution is 0.0985. The molecule has 3 heterocycles. The number of benzene rings is 1. The third-order valence-electron chi connectivity index (χ3n) is 5.73. The van der Waals surface area contributed by atoms with Crippen LogP contribution in [0.25, 0.3) is 22.3 Å². The van der Waals surface area contributed by atoms with Crippen molar-refractivity contribution >= 4 is 26.6 Å². The molecule has 2 aromatic heterocycles. The number of rotatable bonds is 4. The molecule has 154 valence electrons. The van der Waals surface area contributed by atoms with Crippen LogP contribution in [0, 0.1) is 0 Å². The van der Waals surface area contributed by atoms with Crippen LogP contribution in [0.5, 0.6) is 0 Å². The van der Waals surface area contributed by atoms with Crippen LogP contribution in [0.15, 0.2) is 36.5 Å². The molecule has 1 aliphatic heterocycles. The van der Waals surface area contributed by atoms with E-state index in [1.54, 1.807) is 19.9 Å². The monoisotopic (exact) mass is 414 g/mol. The van der Waals surface area contributed by atoms with Gasteiger partial charge < -0.3 is 14.6 Å². The average Bonchev–Trinajstić information content (AvgIpc) is 3.15. The number of hydrogen-bond donors (Lipinski definition) is 1. The van der Waals surface area contributed by atoms with Gasteiger partial charge in [0, 0.05) is 36.1 Å². The summed E-state index contributed by atoms with van der Waals surface area (Å²) in [6.45, 7) is 7.38. The van der Waals surface area contributed by atoms with E-state index in [0.29, 0.717) is 31.3 Å². The molecule has 0 unspecified atom stereocenters. The van der Waals surface area contributed by atoms with E-state index in [4.69, 9.17) is 14.7 Å². The van der Waals surface area contributed by atoms with Crippen molar-refractivity contribution in [1.29, 1.82) is 0 Å². The van der Waals surface area contributed by atoms with E-state index in [9.17, 15) is 8.42 Å². The molecule has 7 nitrogen and oxygen atoms in total. The molecule has 1 aliphatic rings. The van der Waals surface area contributed by atoms with E-state index < -0.39 is 14.6 Å². The molecular weight excluding hydrogens is 388 g/mol. The molecule has 3 aromatic rings. The van der Waals surface area contributed by atoms with E-state index in [2.05, 4.69) is 16.8 Å². The van der Waals surface area contributed by atoms with Gasteiger partial charge in [0.15, 0.2) is 15.7 Å². The number of fused-ring (bicyclic) bond motifs is 1. The lowest BCUT2D eigenvalue weighted by atomic mass is 10.1. The molecule has 0 bridgehead atoms. The molecule has 4 rings (SSSR count). The van der Waals surface area contributed by atoms with Crippen molar-refractivity contribution in [3.05, 3.63) is 42.2 Å². The molecule has 1 atom stereocenters. The number of anilines is 1.